The maximum Gasteiger partial charge on any atom is 0.246 e. The highest BCUT2D eigenvalue weighted by Gasteiger charge is 2.21. The second kappa shape index (κ2) is 5.15. The molecule has 0 atom stereocenters. The molecule has 0 aromatic heterocycles. The molecule has 14 heavy (non-hydrogen) atoms. The Bertz CT molecular complexity index is 217. The summed E-state index contributed by atoms with van der Waals surface area (Å²) in [5, 5.41) is 11.9. The van der Waals surface area contributed by atoms with Gasteiger partial charge in [0.05, 0.1) is 0 Å². The predicted molar refractivity (Wildman–Crippen MR) is 55.8 cm³/mol. The van der Waals surface area contributed by atoms with Crippen LogP contribution in [0.15, 0.2) is 12.2 Å². The molecule has 1 rings (SSSR count). The average Bonchev–Trinajstić information content (AvgIpc) is 2.19. The van der Waals surface area contributed by atoms with E-state index in [0.717, 1.165) is 25.7 Å². The minimum Gasteiger partial charge on any atom is -0.396 e. The molecule has 0 aromatic rings. The normalized spacial score (nSPS) is 27.0. The predicted octanol–water partition coefficient (Wildman–Crippen LogP) is 1.23. The zero-order valence-electron chi connectivity index (χ0n) is 8.75. The lowest BCUT2D eigenvalue weighted by molar-refractivity contribution is -0.118. The first kappa shape index (κ1) is 11.2. The molecular weight excluding hydrogens is 178 g/mol. The first-order valence-electron chi connectivity index (χ1n) is 5.20. The Morgan fingerprint density at radius 3 is 2.43 bits per heavy atom. The van der Waals surface area contributed by atoms with Gasteiger partial charge in [-0.05, 0) is 38.5 Å². The van der Waals surface area contributed by atoms with Gasteiger partial charge in [-0.15, -0.1) is 0 Å². The Balaban J connectivity index is 2.29. The fourth-order valence-corrected chi connectivity index (χ4v) is 1.80. The Hall–Kier alpha value is -0.830. The Morgan fingerprint density at radius 2 is 2.00 bits per heavy atom. The third-order valence-electron chi connectivity index (χ3n) is 2.83. The maximum atomic E-state index is 11.3. The highest BCUT2D eigenvalue weighted by Crippen LogP contribution is 2.23. The molecule has 1 saturated carbocycles. The first-order valence-corrected chi connectivity index (χ1v) is 5.20. The van der Waals surface area contributed by atoms with E-state index in [-0.39, 0.29) is 18.6 Å². The third kappa shape index (κ3) is 3.14. The lowest BCUT2D eigenvalue weighted by Gasteiger charge is -2.27. The number of amides is 1. The molecule has 3 nitrogen and oxygen atoms in total. The van der Waals surface area contributed by atoms with Gasteiger partial charge >= 0.3 is 0 Å². The fraction of sp³-hybridized carbons (Fsp3) is 0.727. The second-order valence-corrected chi connectivity index (χ2v) is 4.15. The van der Waals surface area contributed by atoms with Crippen LogP contribution in [0.2, 0.25) is 0 Å². The number of aliphatic hydroxyl groups is 1. The maximum absolute atomic E-state index is 11.3. The summed E-state index contributed by atoms with van der Waals surface area (Å²) in [6, 6.07) is 0.280. The standard InChI is InChI=1S/C11H19NO2/c1-8(2)11(14)12-10-5-3-9(7-13)4-6-10/h9-10,13H,1,3-7H2,2H3,(H,12,14). The molecule has 0 spiro atoms. The Morgan fingerprint density at radius 1 is 1.43 bits per heavy atom. The van der Waals surface area contributed by atoms with E-state index in [1.165, 1.54) is 0 Å². The molecule has 1 aliphatic carbocycles. The van der Waals surface area contributed by atoms with E-state index in [1.54, 1.807) is 6.92 Å². The molecule has 0 saturated heterocycles. The first-order chi connectivity index (χ1) is 6.63. The SMILES string of the molecule is C=C(C)C(=O)NC1CCC(CO)CC1. The second-order valence-electron chi connectivity index (χ2n) is 4.15. The molecule has 2 N–H and O–H groups in total. The van der Waals surface area contributed by atoms with Crippen LogP contribution in [0.4, 0.5) is 0 Å². The van der Waals surface area contributed by atoms with Gasteiger partial charge in [-0.3, -0.25) is 4.79 Å². The van der Waals surface area contributed by atoms with Gasteiger partial charge in [0.15, 0.2) is 0 Å². The summed E-state index contributed by atoms with van der Waals surface area (Å²) < 4.78 is 0. The van der Waals surface area contributed by atoms with E-state index < -0.39 is 0 Å². The van der Waals surface area contributed by atoms with Gasteiger partial charge < -0.3 is 10.4 Å². The topological polar surface area (TPSA) is 49.3 Å². The van der Waals surface area contributed by atoms with E-state index in [4.69, 9.17) is 5.11 Å². The minimum atomic E-state index is -0.0440. The van der Waals surface area contributed by atoms with E-state index in [0.29, 0.717) is 11.5 Å². The van der Waals surface area contributed by atoms with Crippen LogP contribution in [0.25, 0.3) is 0 Å². The van der Waals surface area contributed by atoms with Crippen LogP contribution in [0, 0.1) is 5.92 Å². The lowest BCUT2D eigenvalue weighted by atomic mass is 9.86. The van der Waals surface area contributed by atoms with Crippen molar-refractivity contribution in [3.63, 3.8) is 0 Å². The number of carbonyl (C=O) groups excluding carboxylic acids is 1. The highest BCUT2D eigenvalue weighted by molar-refractivity contribution is 5.92. The summed E-state index contributed by atoms with van der Waals surface area (Å²) in [5.74, 6) is 0.394. The smallest absolute Gasteiger partial charge is 0.246 e. The van der Waals surface area contributed by atoms with Crippen molar-refractivity contribution in [2.45, 2.75) is 38.6 Å². The van der Waals surface area contributed by atoms with Crippen molar-refractivity contribution in [3.8, 4) is 0 Å². The summed E-state index contributed by atoms with van der Waals surface area (Å²) in [6.45, 7) is 5.60. The largest absolute Gasteiger partial charge is 0.396 e. The van der Waals surface area contributed by atoms with Crippen molar-refractivity contribution in [1.82, 2.24) is 5.32 Å². The van der Waals surface area contributed by atoms with Crippen LogP contribution in [-0.2, 0) is 4.79 Å². The molecular formula is C11H19NO2. The molecule has 0 heterocycles. The van der Waals surface area contributed by atoms with Crippen molar-refractivity contribution in [2.24, 2.45) is 5.92 Å². The third-order valence-corrected chi connectivity index (χ3v) is 2.83. The van der Waals surface area contributed by atoms with E-state index >= 15 is 0 Å². The van der Waals surface area contributed by atoms with E-state index in [1.807, 2.05) is 0 Å². The van der Waals surface area contributed by atoms with Gasteiger partial charge in [-0.2, -0.15) is 0 Å². The van der Waals surface area contributed by atoms with Crippen molar-refractivity contribution in [2.75, 3.05) is 6.61 Å². The van der Waals surface area contributed by atoms with Crippen molar-refractivity contribution >= 4 is 5.91 Å². The number of carbonyl (C=O) groups is 1. The molecule has 80 valence electrons. The van der Waals surface area contributed by atoms with Crippen LogP contribution >= 0.6 is 0 Å². The fourth-order valence-electron chi connectivity index (χ4n) is 1.80. The number of hydrogen-bond donors (Lipinski definition) is 2. The molecule has 3 heteroatoms. The molecule has 0 unspecified atom stereocenters. The van der Waals surface area contributed by atoms with Crippen LogP contribution in [0.1, 0.15) is 32.6 Å². The van der Waals surface area contributed by atoms with Crippen LogP contribution in [0.5, 0.6) is 0 Å². The molecule has 0 aromatic carbocycles. The van der Waals surface area contributed by atoms with Crippen molar-refractivity contribution in [1.29, 1.82) is 0 Å². The molecule has 1 amide bonds. The molecule has 1 fully saturated rings. The van der Waals surface area contributed by atoms with Gasteiger partial charge in [-0.25, -0.2) is 0 Å². The van der Waals surface area contributed by atoms with Crippen molar-refractivity contribution < 1.29 is 9.90 Å². The van der Waals surface area contributed by atoms with E-state index in [9.17, 15) is 4.79 Å². The summed E-state index contributed by atoms with van der Waals surface area (Å²) in [7, 11) is 0. The molecule has 0 bridgehead atoms. The van der Waals surface area contributed by atoms with Crippen LogP contribution < -0.4 is 5.32 Å². The number of hydrogen-bond acceptors (Lipinski definition) is 2. The average molecular weight is 197 g/mol. The van der Waals surface area contributed by atoms with Gasteiger partial charge in [0.1, 0.15) is 0 Å². The molecule has 0 radical (unpaired) electrons. The quantitative estimate of drug-likeness (QED) is 0.668. The zero-order chi connectivity index (χ0) is 10.6. The number of nitrogens with one attached hydrogen (secondary N) is 1. The van der Waals surface area contributed by atoms with Gasteiger partial charge in [0.2, 0.25) is 5.91 Å². The number of aliphatic hydroxyl groups excluding tert-OH is 1. The van der Waals surface area contributed by atoms with E-state index in [2.05, 4.69) is 11.9 Å². The van der Waals surface area contributed by atoms with Crippen LogP contribution in [0.3, 0.4) is 0 Å². The zero-order valence-corrected chi connectivity index (χ0v) is 8.75. The lowest BCUT2D eigenvalue weighted by Crippen LogP contribution is -2.38. The highest BCUT2D eigenvalue weighted by atomic mass is 16.3. The molecule has 0 aliphatic heterocycles. The Kier molecular flexibility index (Phi) is 4.14. The van der Waals surface area contributed by atoms with Gasteiger partial charge in [0.25, 0.3) is 0 Å². The van der Waals surface area contributed by atoms with Crippen molar-refractivity contribution in [3.05, 3.63) is 12.2 Å². The Labute approximate surface area is 85.2 Å². The summed E-state index contributed by atoms with van der Waals surface area (Å²) in [6.07, 6.45) is 3.98. The summed E-state index contributed by atoms with van der Waals surface area (Å²) in [5.41, 5.74) is 0.564. The summed E-state index contributed by atoms with van der Waals surface area (Å²) in [4.78, 5) is 11.3. The van der Waals surface area contributed by atoms with Gasteiger partial charge in [-0.1, -0.05) is 6.58 Å². The monoisotopic (exact) mass is 197 g/mol. The minimum absolute atomic E-state index is 0.0440. The van der Waals surface area contributed by atoms with Crippen LogP contribution in [-0.4, -0.2) is 23.7 Å². The number of rotatable bonds is 3. The molecule has 1 aliphatic rings. The summed E-state index contributed by atoms with van der Waals surface area (Å²) >= 11 is 0. The van der Waals surface area contributed by atoms with Gasteiger partial charge in [0, 0.05) is 18.2 Å².